The zero-order valence-corrected chi connectivity index (χ0v) is 23.1. The van der Waals surface area contributed by atoms with Gasteiger partial charge >= 0.3 is 5.97 Å². The molecule has 5 rings (SSSR count). The van der Waals surface area contributed by atoms with Gasteiger partial charge in [-0.3, -0.25) is 0 Å². The second kappa shape index (κ2) is 11.4. The molecule has 4 aromatic rings. The molecular weight excluding hydrogens is 571 g/mol. The van der Waals surface area contributed by atoms with Crippen LogP contribution >= 0.6 is 27.7 Å². The summed E-state index contributed by atoms with van der Waals surface area (Å²) >= 11 is 4.76. The predicted octanol–water partition coefficient (Wildman–Crippen LogP) is 6.51. The molecule has 7 nitrogen and oxygen atoms in total. The van der Waals surface area contributed by atoms with Gasteiger partial charge < -0.3 is 14.8 Å². The largest absolute Gasteiger partial charge is 0.489 e. The van der Waals surface area contributed by atoms with Crippen LogP contribution in [0.2, 0.25) is 0 Å². The molecule has 0 spiro atoms. The Hall–Kier alpha value is -3.63. The van der Waals surface area contributed by atoms with Gasteiger partial charge in [0.2, 0.25) is 11.1 Å². The lowest BCUT2D eigenvalue weighted by Gasteiger charge is -2.27. The highest BCUT2D eigenvalue weighted by Gasteiger charge is 2.35. The molecule has 0 fully saturated rings. The first-order valence-electron chi connectivity index (χ1n) is 11.8. The summed E-state index contributed by atoms with van der Waals surface area (Å²) in [6.07, 6.45) is 0. The van der Waals surface area contributed by atoms with Crippen molar-refractivity contribution in [3.8, 4) is 5.75 Å². The summed E-state index contributed by atoms with van der Waals surface area (Å²) in [6, 6.07) is 21.5. The van der Waals surface area contributed by atoms with Crippen LogP contribution in [0.5, 0.6) is 5.75 Å². The van der Waals surface area contributed by atoms with Gasteiger partial charge in [-0.15, -0.1) is 5.10 Å². The Morgan fingerprint density at radius 2 is 1.84 bits per heavy atom. The lowest BCUT2D eigenvalue weighted by Crippen LogP contribution is -2.29. The van der Waals surface area contributed by atoms with E-state index in [2.05, 4.69) is 31.3 Å². The first kappa shape index (κ1) is 26.0. The van der Waals surface area contributed by atoms with Crippen LogP contribution in [0.3, 0.4) is 0 Å². The van der Waals surface area contributed by atoms with Crippen LogP contribution in [0.25, 0.3) is 0 Å². The third kappa shape index (κ3) is 5.61. The van der Waals surface area contributed by atoms with Gasteiger partial charge in [0, 0.05) is 15.9 Å². The maximum absolute atomic E-state index is 14.1. The number of hydrogen-bond donors (Lipinski definition) is 1. The standard InChI is InChI=1S/C28H24BrFN4O3S/c1-17-24(26(35)36-2)25(19-9-13-22(14-10-19)37-15-18-7-11-21(29)12-8-18)34-27(31-17)32-28(33-34)38-16-20-5-3-4-6-23(20)30/h3-14,25H,15-16H2,1-2H3,(H,31,32,33). The van der Waals surface area contributed by atoms with E-state index in [9.17, 15) is 9.18 Å². The summed E-state index contributed by atoms with van der Waals surface area (Å²) in [5, 5.41) is 8.29. The van der Waals surface area contributed by atoms with E-state index in [0.29, 0.717) is 46.0 Å². The van der Waals surface area contributed by atoms with Gasteiger partial charge in [0.05, 0.1) is 12.7 Å². The summed E-state index contributed by atoms with van der Waals surface area (Å²) in [5.74, 6) is 0.837. The number of halogens is 2. The molecule has 0 radical (unpaired) electrons. The second-order valence-electron chi connectivity index (χ2n) is 8.58. The lowest BCUT2D eigenvalue weighted by atomic mass is 9.96. The number of aromatic nitrogens is 3. The maximum atomic E-state index is 14.1. The highest BCUT2D eigenvalue weighted by molar-refractivity contribution is 9.10. The quantitative estimate of drug-likeness (QED) is 0.184. The van der Waals surface area contributed by atoms with Crippen LogP contribution in [0, 0.1) is 5.82 Å². The molecule has 0 bridgehead atoms. The number of allylic oxidation sites excluding steroid dienone is 1. The Bertz CT molecular complexity index is 1490. The third-order valence-corrected chi connectivity index (χ3v) is 7.48. The Kier molecular flexibility index (Phi) is 7.80. The van der Waals surface area contributed by atoms with Gasteiger partial charge in [-0.2, -0.15) is 4.98 Å². The fourth-order valence-corrected chi connectivity index (χ4v) is 5.21. The number of esters is 1. The summed E-state index contributed by atoms with van der Waals surface area (Å²) in [6.45, 7) is 2.24. The van der Waals surface area contributed by atoms with Crippen molar-refractivity contribution >= 4 is 39.6 Å². The Balaban J connectivity index is 1.40. The summed E-state index contributed by atoms with van der Waals surface area (Å²) < 4.78 is 27.8. The predicted molar refractivity (Wildman–Crippen MR) is 147 cm³/mol. The van der Waals surface area contributed by atoms with Crippen molar-refractivity contribution in [1.82, 2.24) is 14.8 Å². The van der Waals surface area contributed by atoms with E-state index >= 15 is 0 Å². The molecule has 1 aliphatic heterocycles. The van der Waals surface area contributed by atoms with Crippen molar-refractivity contribution in [1.29, 1.82) is 0 Å². The first-order valence-corrected chi connectivity index (χ1v) is 13.6. The Labute approximate surface area is 232 Å². The summed E-state index contributed by atoms with van der Waals surface area (Å²) in [5.41, 5.74) is 3.49. The number of thioether (sulfide) groups is 1. The summed E-state index contributed by atoms with van der Waals surface area (Å²) in [7, 11) is 1.35. The van der Waals surface area contributed by atoms with Gasteiger partial charge in [-0.1, -0.05) is 70.2 Å². The minimum absolute atomic E-state index is 0.270. The van der Waals surface area contributed by atoms with Crippen LogP contribution < -0.4 is 10.1 Å². The number of fused-ring (bicyclic) bond motifs is 1. The fourth-order valence-electron chi connectivity index (χ4n) is 4.13. The third-order valence-electron chi connectivity index (χ3n) is 6.07. The number of benzene rings is 3. The minimum Gasteiger partial charge on any atom is -0.489 e. The zero-order chi connectivity index (χ0) is 26.6. The number of rotatable bonds is 8. The molecule has 1 aliphatic rings. The lowest BCUT2D eigenvalue weighted by molar-refractivity contribution is -0.136. The number of hydrogen-bond acceptors (Lipinski definition) is 7. The first-order chi connectivity index (χ1) is 18.4. The molecule has 0 amide bonds. The Morgan fingerprint density at radius 3 is 2.55 bits per heavy atom. The van der Waals surface area contributed by atoms with Crippen LogP contribution in [0.1, 0.15) is 29.7 Å². The van der Waals surface area contributed by atoms with Crippen molar-refractivity contribution in [2.24, 2.45) is 0 Å². The maximum Gasteiger partial charge on any atom is 0.338 e. The van der Waals surface area contributed by atoms with Crippen LogP contribution in [-0.2, 0) is 21.9 Å². The van der Waals surface area contributed by atoms with E-state index in [1.54, 1.807) is 29.8 Å². The second-order valence-corrected chi connectivity index (χ2v) is 10.4. The molecule has 0 aliphatic carbocycles. The Morgan fingerprint density at radius 1 is 1.11 bits per heavy atom. The molecule has 0 saturated heterocycles. The smallest absolute Gasteiger partial charge is 0.338 e. The van der Waals surface area contributed by atoms with Crippen molar-refractivity contribution in [2.75, 3.05) is 12.4 Å². The molecule has 38 heavy (non-hydrogen) atoms. The normalized spacial score (nSPS) is 14.6. The SMILES string of the molecule is COC(=O)C1=C(C)Nc2nc(SCc3ccccc3F)nn2C1c1ccc(OCc2ccc(Br)cc2)cc1. The molecule has 0 saturated carbocycles. The van der Waals surface area contributed by atoms with E-state index in [1.807, 2.05) is 48.5 Å². The molecule has 1 N–H and O–H groups in total. The van der Waals surface area contributed by atoms with Gasteiger partial charge in [-0.25, -0.2) is 13.9 Å². The molecule has 1 aromatic heterocycles. The van der Waals surface area contributed by atoms with Crippen molar-refractivity contribution < 1.29 is 18.7 Å². The molecule has 2 heterocycles. The van der Waals surface area contributed by atoms with E-state index in [-0.39, 0.29) is 5.82 Å². The fraction of sp³-hybridized carbons (Fsp3) is 0.179. The van der Waals surface area contributed by atoms with Gasteiger partial charge in [0.15, 0.2) is 0 Å². The van der Waals surface area contributed by atoms with E-state index in [1.165, 1.54) is 24.9 Å². The molecule has 194 valence electrons. The molecular formula is C28H24BrFN4O3S. The molecule has 10 heteroatoms. The van der Waals surface area contributed by atoms with E-state index < -0.39 is 12.0 Å². The van der Waals surface area contributed by atoms with Crippen molar-refractivity contribution in [3.05, 3.63) is 111 Å². The van der Waals surface area contributed by atoms with Gasteiger partial charge in [0.25, 0.3) is 0 Å². The molecule has 1 atom stereocenters. The van der Waals surface area contributed by atoms with Crippen LogP contribution in [0.15, 0.2) is 93.7 Å². The van der Waals surface area contributed by atoms with Crippen molar-refractivity contribution in [2.45, 2.75) is 30.5 Å². The van der Waals surface area contributed by atoms with E-state index in [4.69, 9.17) is 9.47 Å². The average Bonchev–Trinajstić information content (AvgIpc) is 3.34. The highest BCUT2D eigenvalue weighted by Crippen LogP contribution is 2.37. The average molecular weight is 595 g/mol. The number of methoxy groups -OCH3 is 1. The minimum atomic E-state index is -0.561. The number of anilines is 1. The number of nitrogens with one attached hydrogen (secondary N) is 1. The topological polar surface area (TPSA) is 78.3 Å². The monoisotopic (exact) mass is 594 g/mol. The van der Waals surface area contributed by atoms with Gasteiger partial charge in [-0.05, 0) is 53.9 Å². The zero-order valence-electron chi connectivity index (χ0n) is 20.7. The summed E-state index contributed by atoms with van der Waals surface area (Å²) in [4.78, 5) is 17.4. The number of ether oxygens (including phenoxy) is 2. The number of carbonyl (C=O) groups excluding carboxylic acids is 1. The van der Waals surface area contributed by atoms with E-state index in [0.717, 1.165) is 15.6 Å². The molecule has 3 aromatic carbocycles. The number of nitrogens with zero attached hydrogens (tertiary/aromatic N) is 3. The molecule has 1 unspecified atom stereocenters. The number of carbonyl (C=O) groups is 1. The van der Waals surface area contributed by atoms with Crippen molar-refractivity contribution in [3.63, 3.8) is 0 Å². The highest BCUT2D eigenvalue weighted by atomic mass is 79.9. The van der Waals surface area contributed by atoms with Crippen LogP contribution in [0.4, 0.5) is 10.3 Å². The van der Waals surface area contributed by atoms with Gasteiger partial charge in [0.1, 0.15) is 24.2 Å². The van der Waals surface area contributed by atoms with Crippen LogP contribution in [-0.4, -0.2) is 27.8 Å².